The van der Waals surface area contributed by atoms with E-state index in [0.29, 0.717) is 16.4 Å². The Morgan fingerprint density at radius 2 is 1.93 bits per heavy atom. The molecule has 152 valence electrons. The maximum Gasteiger partial charge on any atom is 0.341 e. The van der Waals surface area contributed by atoms with Crippen LogP contribution in [0, 0.1) is 39.4 Å². The van der Waals surface area contributed by atoms with E-state index in [1.54, 1.807) is 25.5 Å². The van der Waals surface area contributed by atoms with Crippen molar-refractivity contribution < 1.29 is 14.3 Å². The molecule has 6 aliphatic carbocycles. The van der Waals surface area contributed by atoms with Gasteiger partial charge in [-0.2, -0.15) is 0 Å². The van der Waals surface area contributed by atoms with Gasteiger partial charge in [-0.15, -0.1) is 0 Å². The number of hydrogen-bond donors (Lipinski definition) is 0. The average Bonchev–Trinajstić information content (AvgIpc) is 3.10. The smallest absolute Gasteiger partial charge is 0.341 e. The van der Waals surface area contributed by atoms with Crippen LogP contribution in [0.15, 0.2) is 23.3 Å². The Morgan fingerprint density at radius 1 is 1.18 bits per heavy atom. The summed E-state index contributed by atoms with van der Waals surface area (Å²) < 4.78 is 5.39. The zero-order valence-corrected chi connectivity index (χ0v) is 18.1. The maximum atomic E-state index is 13.2. The zero-order valence-electron chi connectivity index (χ0n) is 18.1. The first-order valence-electron chi connectivity index (χ1n) is 11.2. The van der Waals surface area contributed by atoms with Crippen LogP contribution in [0.3, 0.4) is 0 Å². The standard InChI is InChI=1S/C25H34O3/c1-6-15(2)20(26)28-21(27)23(4)10-7-9-22(3)18(23)8-11-25-13-17-16(12-19(22)25)24(17,5)14-25/h6,12,16-18H,7-11,13-14H2,1-5H3/b15-6-/t16-,17+,18+,22-,23-,24+,25+/m1/s1. The van der Waals surface area contributed by atoms with E-state index in [9.17, 15) is 9.59 Å². The molecular weight excluding hydrogens is 348 g/mol. The second kappa shape index (κ2) is 5.40. The second-order valence-electron chi connectivity index (χ2n) is 11.3. The first-order valence-corrected chi connectivity index (χ1v) is 11.2. The Bertz CT molecular complexity index is 837. The van der Waals surface area contributed by atoms with Gasteiger partial charge in [-0.3, -0.25) is 4.79 Å². The van der Waals surface area contributed by atoms with E-state index in [1.807, 2.05) is 0 Å². The van der Waals surface area contributed by atoms with Crippen LogP contribution >= 0.6 is 0 Å². The third-order valence-electron chi connectivity index (χ3n) is 10.0. The molecule has 0 amide bonds. The number of fused-ring (bicyclic) bond motifs is 1. The summed E-state index contributed by atoms with van der Waals surface area (Å²) >= 11 is 0. The molecule has 6 rings (SSSR count). The molecule has 0 heterocycles. The van der Waals surface area contributed by atoms with Crippen LogP contribution in [0.5, 0.6) is 0 Å². The predicted octanol–water partition coefficient (Wildman–Crippen LogP) is 5.60. The maximum absolute atomic E-state index is 13.2. The van der Waals surface area contributed by atoms with Gasteiger partial charge in [-0.05, 0) is 93.3 Å². The fraction of sp³-hybridized carbons (Fsp3) is 0.760. The SMILES string of the molecule is C/C=C(/C)C(=O)OC(=O)[C@]1(C)CCC[C@@]2(C)C3=C[C@@H]4[C@@H]5C[C@@]3(CC[C@H]12)C[C@@]45C. The molecule has 3 heteroatoms. The van der Waals surface area contributed by atoms with Crippen molar-refractivity contribution in [3.8, 4) is 0 Å². The lowest BCUT2D eigenvalue weighted by atomic mass is 9.43. The number of hydrogen-bond acceptors (Lipinski definition) is 3. The van der Waals surface area contributed by atoms with Gasteiger partial charge in [0.25, 0.3) is 0 Å². The van der Waals surface area contributed by atoms with Crippen LogP contribution in [0.1, 0.15) is 79.6 Å². The minimum Gasteiger partial charge on any atom is -0.389 e. The lowest BCUT2D eigenvalue weighted by Gasteiger charge is -2.61. The molecule has 0 aromatic heterocycles. The Hall–Kier alpha value is -1.38. The molecule has 28 heavy (non-hydrogen) atoms. The van der Waals surface area contributed by atoms with E-state index < -0.39 is 11.4 Å². The number of carbonyl (C=O) groups excluding carboxylic acids is 2. The Balaban J connectivity index is 1.48. The van der Waals surface area contributed by atoms with Crippen molar-refractivity contribution in [3.05, 3.63) is 23.3 Å². The van der Waals surface area contributed by atoms with Crippen molar-refractivity contribution in [1.82, 2.24) is 0 Å². The molecule has 1 spiro atoms. The van der Waals surface area contributed by atoms with E-state index in [-0.39, 0.29) is 17.3 Å². The monoisotopic (exact) mass is 382 g/mol. The minimum atomic E-state index is -0.563. The summed E-state index contributed by atoms with van der Waals surface area (Å²) in [6.45, 7) is 10.5. The predicted molar refractivity (Wildman–Crippen MR) is 108 cm³/mol. The van der Waals surface area contributed by atoms with Crippen molar-refractivity contribution in [2.75, 3.05) is 0 Å². The molecule has 6 aliphatic rings. The van der Waals surface area contributed by atoms with Gasteiger partial charge < -0.3 is 4.74 Å². The highest BCUT2D eigenvalue weighted by Gasteiger charge is 2.75. The van der Waals surface area contributed by atoms with E-state index in [0.717, 1.165) is 31.1 Å². The van der Waals surface area contributed by atoms with Crippen LogP contribution in [0.25, 0.3) is 0 Å². The van der Waals surface area contributed by atoms with Crippen molar-refractivity contribution in [3.63, 3.8) is 0 Å². The number of ether oxygens (including phenoxy) is 1. The van der Waals surface area contributed by atoms with Crippen molar-refractivity contribution in [2.45, 2.75) is 79.6 Å². The van der Waals surface area contributed by atoms with E-state index in [4.69, 9.17) is 4.74 Å². The Labute approximate surface area is 169 Å². The molecule has 0 aromatic rings. The van der Waals surface area contributed by atoms with E-state index in [2.05, 4.69) is 26.8 Å². The summed E-state index contributed by atoms with van der Waals surface area (Å²) in [5.41, 5.74) is 2.67. The zero-order chi connectivity index (χ0) is 20.1. The van der Waals surface area contributed by atoms with Gasteiger partial charge >= 0.3 is 11.9 Å². The fourth-order valence-electron chi connectivity index (χ4n) is 8.42. The summed E-state index contributed by atoms with van der Waals surface area (Å²) in [7, 11) is 0. The summed E-state index contributed by atoms with van der Waals surface area (Å²) in [5, 5.41) is 0. The highest BCUT2D eigenvalue weighted by molar-refractivity contribution is 5.97. The van der Waals surface area contributed by atoms with Gasteiger partial charge in [0.2, 0.25) is 0 Å². The average molecular weight is 383 g/mol. The fourth-order valence-corrected chi connectivity index (χ4v) is 8.42. The quantitative estimate of drug-likeness (QED) is 0.270. The molecule has 0 N–H and O–H groups in total. The molecule has 0 radical (unpaired) electrons. The summed E-state index contributed by atoms with van der Waals surface area (Å²) in [5.74, 6) is 1.18. The van der Waals surface area contributed by atoms with Gasteiger partial charge in [-0.25, -0.2) is 4.79 Å². The van der Waals surface area contributed by atoms with Crippen LogP contribution in [-0.4, -0.2) is 11.9 Å². The summed E-state index contributed by atoms with van der Waals surface area (Å²) in [6.07, 6.45) is 12.4. The molecule has 7 atom stereocenters. The van der Waals surface area contributed by atoms with Crippen LogP contribution in [0.2, 0.25) is 0 Å². The lowest BCUT2D eigenvalue weighted by Crippen LogP contribution is -2.55. The van der Waals surface area contributed by atoms with Crippen LogP contribution < -0.4 is 0 Å². The third kappa shape index (κ3) is 2.06. The number of allylic oxidation sites excluding steroid dienone is 3. The molecule has 0 aliphatic heterocycles. The third-order valence-corrected chi connectivity index (χ3v) is 10.0. The highest BCUT2D eigenvalue weighted by atomic mass is 16.6. The molecule has 3 nitrogen and oxygen atoms in total. The minimum absolute atomic E-state index is 0.0812. The van der Waals surface area contributed by atoms with Crippen LogP contribution in [-0.2, 0) is 14.3 Å². The normalized spacial score (nSPS) is 51.0. The van der Waals surface area contributed by atoms with Gasteiger partial charge in [0, 0.05) is 5.57 Å². The summed E-state index contributed by atoms with van der Waals surface area (Å²) in [4.78, 5) is 25.5. The van der Waals surface area contributed by atoms with Crippen molar-refractivity contribution >= 4 is 11.9 Å². The van der Waals surface area contributed by atoms with Gasteiger partial charge in [-0.1, -0.05) is 38.0 Å². The Morgan fingerprint density at radius 3 is 2.57 bits per heavy atom. The van der Waals surface area contributed by atoms with E-state index in [1.165, 1.54) is 25.7 Å². The number of rotatable bonds is 2. The van der Waals surface area contributed by atoms with Gasteiger partial charge in [0.15, 0.2) is 0 Å². The van der Waals surface area contributed by atoms with Crippen LogP contribution in [0.4, 0.5) is 0 Å². The topological polar surface area (TPSA) is 43.4 Å². The van der Waals surface area contributed by atoms with Gasteiger partial charge in [0.05, 0.1) is 5.41 Å². The lowest BCUT2D eigenvalue weighted by molar-refractivity contribution is -0.174. The molecule has 4 fully saturated rings. The summed E-state index contributed by atoms with van der Waals surface area (Å²) in [6, 6.07) is 0. The Kier molecular flexibility index (Phi) is 3.60. The first kappa shape index (κ1) is 18.6. The second-order valence-corrected chi connectivity index (χ2v) is 11.3. The van der Waals surface area contributed by atoms with Crippen molar-refractivity contribution in [1.29, 1.82) is 0 Å². The van der Waals surface area contributed by atoms with E-state index >= 15 is 0 Å². The highest BCUT2D eigenvalue weighted by Crippen LogP contribution is 2.83. The molecule has 0 aromatic carbocycles. The molecule has 0 unspecified atom stereocenters. The molecule has 4 saturated carbocycles. The first-order chi connectivity index (χ1) is 13.1. The number of esters is 2. The molecule has 4 bridgehead atoms. The molecule has 0 saturated heterocycles. The number of carbonyl (C=O) groups is 2. The largest absolute Gasteiger partial charge is 0.389 e. The van der Waals surface area contributed by atoms with Crippen molar-refractivity contribution in [2.24, 2.45) is 39.4 Å². The molecular formula is C25H34O3. The van der Waals surface area contributed by atoms with Gasteiger partial charge in [0.1, 0.15) is 0 Å².